The van der Waals surface area contributed by atoms with E-state index in [0.29, 0.717) is 10.8 Å². The van der Waals surface area contributed by atoms with E-state index in [9.17, 15) is 18.7 Å². The molecule has 1 aliphatic heterocycles. The minimum absolute atomic E-state index is 0. The molecule has 7 rings (SSSR count). The zero-order valence-electron chi connectivity index (χ0n) is 27.8. The number of rotatable bonds is 1. The molecule has 47 heavy (non-hydrogen) atoms. The van der Waals surface area contributed by atoms with Gasteiger partial charge in [0.2, 0.25) is 0 Å². The molecule has 0 saturated carbocycles. The van der Waals surface area contributed by atoms with Gasteiger partial charge in [-0.15, -0.1) is 12.1 Å². The van der Waals surface area contributed by atoms with E-state index in [1.54, 1.807) is 6.07 Å². The zero-order chi connectivity index (χ0) is 33.3. The molecule has 4 nitrogen and oxygen atoms in total. The fraction of sp³-hybridized carbons (Fsp3) is 0.256. The molecule has 1 radical (unpaired) electrons. The summed E-state index contributed by atoms with van der Waals surface area (Å²) in [7, 11) is -2.28. The molecule has 1 N–H and O–H groups in total. The van der Waals surface area contributed by atoms with Crippen molar-refractivity contribution in [2.45, 2.75) is 54.6 Å². The van der Waals surface area contributed by atoms with Crippen LogP contribution in [0.1, 0.15) is 41.5 Å². The number of halogens is 2. The molecule has 8 heteroatoms. The van der Waals surface area contributed by atoms with Crippen LogP contribution < -0.4 is 10.5 Å². The second kappa shape index (κ2) is 12.0. The zero-order valence-corrected chi connectivity index (χ0v) is 31.2. The maximum Gasteiger partial charge on any atom is 0.164 e. The van der Waals surface area contributed by atoms with Gasteiger partial charge in [0.15, 0.2) is 5.78 Å². The quantitative estimate of drug-likeness (QED) is 0.0592. The second-order valence-electron chi connectivity index (χ2n) is 14.6. The Labute approximate surface area is 288 Å². The number of hydrogen-bond acceptors (Lipinski definition) is 4. The first-order valence-electron chi connectivity index (χ1n) is 15.4. The van der Waals surface area contributed by atoms with Crippen molar-refractivity contribution >= 4 is 67.6 Å². The Kier molecular flexibility index (Phi) is 8.80. The number of aromatic nitrogens is 2. The Hall–Kier alpha value is -3.84. The van der Waals surface area contributed by atoms with Gasteiger partial charge in [-0.1, -0.05) is 107 Å². The Morgan fingerprint density at radius 2 is 1.51 bits per heavy atom. The SMILES string of the molecule is CC(C)(C)C(=O)/C=C(\O)C(C)(C)C.C[Si]1(C)c2nc3ccccc3[c-]c2-c2nccc3c2c1cc1c2cc(F)cc(F)c2ccc31.[Ir]. The molecule has 6 aromatic rings. The molecule has 3 heterocycles. The molecule has 1 aliphatic rings. The number of carbonyl (C=O) groups excluding carboxylic acids is 1. The molecule has 0 unspecified atom stereocenters. The third kappa shape index (κ3) is 6.03. The van der Waals surface area contributed by atoms with Crippen molar-refractivity contribution in [2.75, 3.05) is 0 Å². The van der Waals surface area contributed by atoms with Crippen LogP contribution in [0.4, 0.5) is 8.78 Å². The number of ketones is 1. The first-order valence-corrected chi connectivity index (χ1v) is 18.4. The summed E-state index contributed by atoms with van der Waals surface area (Å²) in [4.78, 5) is 21.4. The van der Waals surface area contributed by atoms with Crippen LogP contribution in [-0.2, 0) is 24.9 Å². The van der Waals surface area contributed by atoms with Crippen LogP contribution in [0.25, 0.3) is 54.5 Å². The largest absolute Gasteiger partial charge is 0.512 e. The first kappa shape index (κ1) is 34.5. The molecule has 0 saturated heterocycles. The number of hydrogen-bond donors (Lipinski definition) is 1. The summed E-state index contributed by atoms with van der Waals surface area (Å²) in [5, 5.41) is 17.8. The molecular weight excluding hydrogens is 787 g/mol. The van der Waals surface area contributed by atoms with Gasteiger partial charge in [0.05, 0.1) is 8.07 Å². The fourth-order valence-corrected chi connectivity index (χ4v) is 8.83. The van der Waals surface area contributed by atoms with Crippen LogP contribution in [0.15, 0.2) is 78.7 Å². The van der Waals surface area contributed by atoms with E-state index in [1.807, 2.05) is 84.1 Å². The van der Waals surface area contributed by atoms with Gasteiger partial charge in [-0.05, 0) is 49.9 Å². The number of carbonyl (C=O) groups is 1. The molecular formula is C39H37F2IrN2O2Si-. The molecule has 0 atom stereocenters. The van der Waals surface area contributed by atoms with Crippen molar-refractivity contribution in [3.05, 3.63) is 96.4 Å². The predicted octanol–water partition coefficient (Wildman–Crippen LogP) is 9.06. The van der Waals surface area contributed by atoms with Crippen molar-refractivity contribution in [3.8, 4) is 11.3 Å². The minimum Gasteiger partial charge on any atom is -0.512 e. The average molecular weight is 824 g/mol. The van der Waals surface area contributed by atoms with Crippen LogP contribution in [-0.4, -0.2) is 28.9 Å². The Morgan fingerprint density at radius 1 is 0.851 bits per heavy atom. The van der Waals surface area contributed by atoms with Crippen molar-refractivity contribution in [3.63, 3.8) is 0 Å². The molecule has 0 aliphatic carbocycles. The summed E-state index contributed by atoms with van der Waals surface area (Å²) >= 11 is 0. The summed E-state index contributed by atoms with van der Waals surface area (Å²) < 4.78 is 28.8. The summed E-state index contributed by atoms with van der Waals surface area (Å²) in [6.07, 6.45) is 3.14. The van der Waals surface area contributed by atoms with Gasteiger partial charge in [-0.2, -0.15) is 0 Å². The summed E-state index contributed by atoms with van der Waals surface area (Å²) in [5.41, 5.74) is 2.01. The van der Waals surface area contributed by atoms with E-state index < -0.39 is 25.1 Å². The van der Waals surface area contributed by atoms with Crippen molar-refractivity contribution in [1.82, 2.24) is 9.97 Å². The smallest absolute Gasteiger partial charge is 0.164 e. The van der Waals surface area contributed by atoms with Crippen LogP contribution in [0.5, 0.6) is 0 Å². The third-order valence-corrected chi connectivity index (χ3v) is 12.1. The van der Waals surface area contributed by atoms with Crippen LogP contribution in [0, 0.1) is 28.5 Å². The van der Waals surface area contributed by atoms with E-state index >= 15 is 0 Å². The number of aliphatic hydroxyl groups excluding tert-OH is 1. The molecule has 243 valence electrons. The van der Waals surface area contributed by atoms with E-state index in [1.165, 1.54) is 17.3 Å². The predicted molar refractivity (Wildman–Crippen MR) is 188 cm³/mol. The molecule has 0 fully saturated rings. The molecule has 2 aromatic heterocycles. The number of para-hydroxylation sites is 1. The van der Waals surface area contributed by atoms with Crippen molar-refractivity contribution in [1.29, 1.82) is 0 Å². The van der Waals surface area contributed by atoms with Crippen LogP contribution >= 0.6 is 0 Å². The van der Waals surface area contributed by atoms with Crippen LogP contribution in [0.2, 0.25) is 13.1 Å². The molecule has 4 aromatic carbocycles. The number of nitrogens with zero attached hydrogens (tertiary/aromatic N) is 2. The summed E-state index contributed by atoms with van der Waals surface area (Å²) in [6, 6.07) is 21.8. The van der Waals surface area contributed by atoms with Gasteiger partial charge in [0.1, 0.15) is 17.4 Å². The van der Waals surface area contributed by atoms with Gasteiger partial charge in [-0.3, -0.25) is 9.78 Å². The minimum atomic E-state index is -2.28. The number of fused-ring (bicyclic) bond motifs is 7. The van der Waals surface area contributed by atoms with E-state index in [0.717, 1.165) is 55.1 Å². The van der Waals surface area contributed by atoms with Gasteiger partial charge in [0, 0.05) is 60.4 Å². The monoisotopic (exact) mass is 824 g/mol. The maximum atomic E-state index is 14.6. The van der Waals surface area contributed by atoms with Gasteiger partial charge < -0.3 is 10.1 Å². The number of pyridine rings is 2. The normalized spacial score (nSPS) is 14.0. The fourth-order valence-electron chi connectivity index (χ4n) is 5.98. The summed E-state index contributed by atoms with van der Waals surface area (Å²) in [6.45, 7) is 15.7. The number of benzene rings is 4. The Bertz CT molecular complexity index is 2270. The van der Waals surface area contributed by atoms with Crippen molar-refractivity contribution in [2.24, 2.45) is 10.8 Å². The Morgan fingerprint density at radius 3 is 2.19 bits per heavy atom. The summed E-state index contributed by atoms with van der Waals surface area (Å²) in [5.74, 6) is -1.01. The van der Waals surface area contributed by atoms with Crippen molar-refractivity contribution < 1.29 is 38.8 Å². The maximum absolute atomic E-state index is 14.6. The molecule has 0 amide bonds. The molecule has 0 spiro atoms. The van der Waals surface area contributed by atoms with Gasteiger partial charge in [-0.25, -0.2) is 8.78 Å². The van der Waals surface area contributed by atoms with E-state index in [-0.39, 0.29) is 37.1 Å². The standard InChI is InChI=1S/C28H17F2N2Si.C11H20O2.Ir/c1-33(2)25-14-21-17(7-8-18-20(21)12-16(29)13-23(18)30)19-9-10-31-27(26(19)25)22-11-15-5-3-4-6-24(15)32-28(22)33;1-10(2,3)8(12)7-9(13)11(4,5)6;/h3-10,12-14H,1-2H3;7,12H,1-6H3;/q-1;;/b;8-7-;. The number of allylic oxidation sites excluding steroid dienone is 2. The Balaban J connectivity index is 0.000000267. The molecule has 0 bridgehead atoms. The second-order valence-corrected chi connectivity index (χ2v) is 18.9. The van der Waals surface area contributed by atoms with Gasteiger partial charge in [0.25, 0.3) is 0 Å². The van der Waals surface area contributed by atoms with E-state index in [2.05, 4.69) is 25.2 Å². The van der Waals surface area contributed by atoms with E-state index in [4.69, 9.17) is 9.97 Å². The van der Waals surface area contributed by atoms with Gasteiger partial charge >= 0.3 is 0 Å². The third-order valence-electron chi connectivity index (χ3n) is 8.80. The average Bonchev–Trinajstić information content (AvgIpc) is 2.98. The number of aliphatic hydroxyl groups is 1. The van der Waals surface area contributed by atoms with Crippen LogP contribution in [0.3, 0.4) is 0 Å². The topological polar surface area (TPSA) is 63.1 Å². The first-order chi connectivity index (χ1) is 21.5.